The Bertz CT molecular complexity index is 358. The second kappa shape index (κ2) is 6.62. The van der Waals surface area contributed by atoms with Crippen LogP contribution in [0.5, 0.6) is 5.75 Å². The summed E-state index contributed by atoms with van der Waals surface area (Å²) in [7, 11) is -1.61. The summed E-state index contributed by atoms with van der Waals surface area (Å²) < 4.78 is 18.7. The molecular formula is C12H18BFO3. The van der Waals surface area contributed by atoms with E-state index in [1.54, 1.807) is 0 Å². The molecule has 0 saturated heterocycles. The molecule has 0 radical (unpaired) electrons. The van der Waals surface area contributed by atoms with Crippen LogP contribution in [0.15, 0.2) is 18.2 Å². The van der Waals surface area contributed by atoms with Crippen LogP contribution in [0.25, 0.3) is 0 Å². The van der Waals surface area contributed by atoms with Gasteiger partial charge in [0.2, 0.25) is 0 Å². The normalized spacial score (nSPS) is 12.3. The zero-order valence-electron chi connectivity index (χ0n) is 10.2. The van der Waals surface area contributed by atoms with Gasteiger partial charge in [0.1, 0.15) is 0 Å². The van der Waals surface area contributed by atoms with Crippen LogP contribution in [0.4, 0.5) is 4.39 Å². The largest absolute Gasteiger partial charge is 0.490 e. The van der Waals surface area contributed by atoms with Crippen molar-refractivity contribution in [3.05, 3.63) is 24.0 Å². The Morgan fingerprint density at radius 2 is 2.12 bits per heavy atom. The summed E-state index contributed by atoms with van der Waals surface area (Å²) in [5.74, 6) is -0.0706. The minimum Gasteiger partial charge on any atom is -0.490 e. The summed E-state index contributed by atoms with van der Waals surface area (Å²) in [6.07, 6.45) is 2.08. The van der Waals surface area contributed by atoms with Crippen LogP contribution in [0, 0.1) is 11.7 Å². The quantitative estimate of drug-likeness (QED) is 0.737. The Balaban J connectivity index is 2.66. The van der Waals surface area contributed by atoms with Crippen molar-refractivity contribution < 1.29 is 19.2 Å². The van der Waals surface area contributed by atoms with Crippen molar-refractivity contribution in [1.82, 2.24) is 0 Å². The Morgan fingerprint density at radius 3 is 2.71 bits per heavy atom. The van der Waals surface area contributed by atoms with Gasteiger partial charge in [-0.25, -0.2) is 4.39 Å². The molecule has 0 fully saturated rings. The first kappa shape index (κ1) is 14.0. The summed E-state index contributed by atoms with van der Waals surface area (Å²) in [4.78, 5) is 0. The summed E-state index contributed by atoms with van der Waals surface area (Å²) in [5, 5.41) is 18.0. The number of hydrogen-bond donors (Lipinski definition) is 2. The Morgan fingerprint density at radius 1 is 1.41 bits per heavy atom. The van der Waals surface area contributed by atoms with E-state index in [4.69, 9.17) is 14.8 Å². The zero-order valence-corrected chi connectivity index (χ0v) is 10.2. The third-order valence-electron chi connectivity index (χ3n) is 2.56. The van der Waals surface area contributed by atoms with Gasteiger partial charge in [-0.1, -0.05) is 26.3 Å². The van der Waals surface area contributed by atoms with Gasteiger partial charge in [0, 0.05) is 0 Å². The molecule has 0 heterocycles. The molecule has 1 rings (SSSR count). The van der Waals surface area contributed by atoms with E-state index in [0.29, 0.717) is 12.5 Å². The second-order valence-corrected chi connectivity index (χ2v) is 4.27. The van der Waals surface area contributed by atoms with E-state index in [1.165, 1.54) is 18.2 Å². The molecule has 5 heteroatoms. The van der Waals surface area contributed by atoms with Crippen LogP contribution in [-0.4, -0.2) is 23.8 Å². The van der Waals surface area contributed by atoms with E-state index in [2.05, 4.69) is 6.92 Å². The van der Waals surface area contributed by atoms with Crippen molar-refractivity contribution in [2.24, 2.45) is 5.92 Å². The van der Waals surface area contributed by atoms with Gasteiger partial charge in [-0.2, -0.15) is 0 Å². The highest BCUT2D eigenvalue weighted by molar-refractivity contribution is 6.58. The van der Waals surface area contributed by atoms with Gasteiger partial charge in [0.05, 0.1) is 6.61 Å². The highest BCUT2D eigenvalue weighted by Crippen LogP contribution is 2.16. The maximum absolute atomic E-state index is 13.4. The number of ether oxygens (including phenoxy) is 1. The van der Waals surface area contributed by atoms with Crippen LogP contribution in [-0.2, 0) is 0 Å². The van der Waals surface area contributed by atoms with Crippen molar-refractivity contribution in [2.45, 2.75) is 26.7 Å². The molecule has 1 unspecified atom stereocenters. The highest BCUT2D eigenvalue weighted by Gasteiger charge is 2.14. The van der Waals surface area contributed by atoms with E-state index < -0.39 is 12.9 Å². The SMILES string of the molecule is CCCC(C)COc1cc(B(O)O)ccc1F. The Kier molecular flexibility index (Phi) is 5.45. The molecule has 3 nitrogen and oxygen atoms in total. The molecule has 2 N–H and O–H groups in total. The lowest BCUT2D eigenvalue weighted by Gasteiger charge is -2.13. The molecule has 0 aliphatic carbocycles. The first-order chi connectivity index (χ1) is 8.04. The van der Waals surface area contributed by atoms with E-state index in [1.807, 2.05) is 6.92 Å². The second-order valence-electron chi connectivity index (χ2n) is 4.27. The number of rotatable bonds is 6. The van der Waals surface area contributed by atoms with Crippen LogP contribution < -0.4 is 10.2 Å². The van der Waals surface area contributed by atoms with Crippen LogP contribution in [0.2, 0.25) is 0 Å². The smallest absolute Gasteiger partial charge is 0.488 e. The van der Waals surface area contributed by atoms with Crippen LogP contribution in [0.3, 0.4) is 0 Å². The lowest BCUT2D eigenvalue weighted by molar-refractivity contribution is 0.242. The topological polar surface area (TPSA) is 49.7 Å². The van der Waals surface area contributed by atoms with Gasteiger partial charge in [0.25, 0.3) is 0 Å². The lowest BCUT2D eigenvalue weighted by Crippen LogP contribution is -2.30. The number of hydrogen-bond acceptors (Lipinski definition) is 3. The first-order valence-corrected chi connectivity index (χ1v) is 5.83. The van der Waals surface area contributed by atoms with Crippen molar-refractivity contribution in [1.29, 1.82) is 0 Å². The van der Waals surface area contributed by atoms with Gasteiger partial charge in [-0.05, 0) is 29.9 Å². The maximum atomic E-state index is 13.4. The molecule has 0 aromatic heterocycles. The predicted octanol–water partition coefficient (Wildman–Crippen LogP) is 1.32. The Labute approximate surface area is 101 Å². The number of benzene rings is 1. The van der Waals surface area contributed by atoms with Gasteiger partial charge >= 0.3 is 7.12 Å². The van der Waals surface area contributed by atoms with Crippen LogP contribution in [0.1, 0.15) is 26.7 Å². The van der Waals surface area contributed by atoms with Gasteiger partial charge in [-0.15, -0.1) is 0 Å². The highest BCUT2D eigenvalue weighted by atomic mass is 19.1. The first-order valence-electron chi connectivity index (χ1n) is 5.83. The monoisotopic (exact) mass is 240 g/mol. The summed E-state index contributed by atoms with van der Waals surface area (Å²) >= 11 is 0. The molecule has 1 aromatic carbocycles. The van der Waals surface area contributed by atoms with E-state index in [9.17, 15) is 4.39 Å². The summed E-state index contributed by atoms with van der Waals surface area (Å²) in [5.41, 5.74) is 0.226. The minimum absolute atomic E-state index is 0.0681. The molecule has 0 aliphatic rings. The molecule has 0 bridgehead atoms. The average molecular weight is 240 g/mol. The van der Waals surface area contributed by atoms with Gasteiger partial charge in [-0.3, -0.25) is 0 Å². The molecule has 0 amide bonds. The fraction of sp³-hybridized carbons (Fsp3) is 0.500. The zero-order chi connectivity index (χ0) is 12.8. The molecule has 0 aliphatic heterocycles. The summed E-state index contributed by atoms with van der Waals surface area (Å²) in [6, 6.07) is 3.82. The van der Waals surface area contributed by atoms with Crippen LogP contribution >= 0.6 is 0 Å². The van der Waals surface area contributed by atoms with E-state index in [-0.39, 0.29) is 11.2 Å². The van der Waals surface area contributed by atoms with Gasteiger partial charge < -0.3 is 14.8 Å². The van der Waals surface area contributed by atoms with E-state index in [0.717, 1.165) is 12.8 Å². The molecule has 0 saturated carbocycles. The fourth-order valence-corrected chi connectivity index (χ4v) is 1.60. The predicted molar refractivity (Wildman–Crippen MR) is 65.8 cm³/mol. The molecule has 17 heavy (non-hydrogen) atoms. The lowest BCUT2D eigenvalue weighted by atomic mass is 9.80. The summed E-state index contributed by atoms with van der Waals surface area (Å²) in [6.45, 7) is 4.54. The molecule has 94 valence electrons. The van der Waals surface area contributed by atoms with Crippen molar-refractivity contribution >= 4 is 12.6 Å². The molecule has 1 aromatic rings. The average Bonchev–Trinajstić information content (AvgIpc) is 2.28. The molecule has 0 spiro atoms. The fourth-order valence-electron chi connectivity index (χ4n) is 1.60. The van der Waals surface area contributed by atoms with Crippen molar-refractivity contribution in [2.75, 3.05) is 6.61 Å². The third-order valence-corrected chi connectivity index (χ3v) is 2.56. The van der Waals surface area contributed by atoms with Crippen molar-refractivity contribution in [3.63, 3.8) is 0 Å². The number of halogens is 1. The molecular weight excluding hydrogens is 222 g/mol. The third kappa shape index (κ3) is 4.36. The van der Waals surface area contributed by atoms with Gasteiger partial charge in [0.15, 0.2) is 11.6 Å². The maximum Gasteiger partial charge on any atom is 0.488 e. The minimum atomic E-state index is -1.61. The standard InChI is InChI=1S/C12H18BFO3/c1-3-4-9(2)8-17-12-7-10(13(15)16)5-6-11(12)14/h5-7,9,15-16H,3-4,8H2,1-2H3. The van der Waals surface area contributed by atoms with E-state index >= 15 is 0 Å². The Hall–Kier alpha value is -1.07. The molecule has 1 atom stereocenters. The van der Waals surface area contributed by atoms with Crippen molar-refractivity contribution in [3.8, 4) is 5.75 Å².